The number of nitrogens with zero attached hydrogens (tertiary/aromatic N) is 5. The Morgan fingerprint density at radius 3 is 2.23 bits per heavy atom. The maximum Gasteiger partial charge on any atom is 0.305 e. The molecule has 0 spiro atoms. The summed E-state index contributed by atoms with van der Waals surface area (Å²) in [5.74, 6) is -3.75. The van der Waals surface area contributed by atoms with Crippen molar-refractivity contribution in [1.29, 1.82) is 0 Å². The molecule has 1 unspecified atom stereocenters. The molecule has 4 N–H and O–H groups in total. The fourth-order valence-electron chi connectivity index (χ4n) is 4.02. The van der Waals surface area contributed by atoms with E-state index in [9.17, 15) is 29.1 Å². The first kappa shape index (κ1) is 34.5. The zero-order valence-electron chi connectivity index (χ0n) is 24.0. The smallest absolute Gasteiger partial charge is 0.305 e. The van der Waals surface area contributed by atoms with Gasteiger partial charge in [-0.2, -0.15) is 0 Å². The van der Waals surface area contributed by atoms with Crippen LogP contribution in [-0.4, -0.2) is 77.9 Å². The Balaban J connectivity index is 0.00000645. The SMILES string of the molecule is CC(C)[C@H](NC(=O)CCc1ccccc1)C(=O)N[C@@H](C)C(=O)NC(CC(=O)O)C(=O)Cn1nnnc1-c1ccccn1.Cl. The molecular formula is C28H35ClN8O6. The zero-order valence-corrected chi connectivity index (χ0v) is 24.8. The number of carbonyl (C=O) groups is 5. The number of hydrogen-bond donors (Lipinski definition) is 4. The van der Waals surface area contributed by atoms with E-state index in [2.05, 4.69) is 36.5 Å². The van der Waals surface area contributed by atoms with Crippen LogP contribution in [-0.2, 0) is 36.9 Å². The van der Waals surface area contributed by atoms with Gasteiger partial charge >= 0.3 is 5.97 Å². The summed E-state index contributed by atoms with van der Waals surface area (Å²) in [7, 11) is 0. The Morgan fingerprint density at radius 1 is 0.907 bits per heavy atom. The number of aliphatic carboxylic acids is 1. The Morgan fingerprint density at radius 2 is 1.60 bits per heavy atom. The summed E-state index contributed by atoms with van der Waals surface area (Å²) < 4.78 is 1.16. The van der Waals surface area contributed by atoms with Gasteiger partial charge in [0.25, 0.3) is 0 Å². The molecule has 0 aliphatic carbocycles. The molecule has 2 heterocycles. The topological polar surface area (TPSA) is 198 Å². The molecule has 0 fully saturated rings. The molecule has 3 atom stereocenters. The summed E-state index contributed by atoms with van der Waals surface area (Å²) in [6, 6.07) is 11.0. The van der Waals surface area contributed by atoms with Crippen molar-refractivity contribution >= 4 is 41.9 Å². The number of pyridine rings is 1. The van der Waals surface area contributed by atoms with Crippen molar-refractivity contribution in [2.24, 2.45) is 5.92 Å². The monoisotopic (exact) mass is 614 g/mol. The predicted molar refractivity (Wildman–Crippen MR) is 157 cm³/mol. The van der Waals surface area contributed by atoms with Crippen molar-refractivity contribution < 1.29 is 29.1 Å². The van der Waals surface area contributed by atoms with Gasteiger partial charge in [-0.1, -0.05) is 50.2 Å². The van der Waals surface area contributed by atoms with Crippen LogP contribution in [0.2, 0.25) is 0 Å². The second-order valence-electron chi connectivity index (χ2n) is 10.0. The van der Waals surface area contributed by atoms with Gasteiger partial charge in [0.2, 0.25) is 23.5 Å². The Kier molecular flexibility index (Phi) is 13.4. The number of halogens is 1. The van der Waals surface area contributed by atoms with Crippen molar-refractivity contribution in [1.82, 2.24) is 41.1 Å². The summed E-state index contributed by atoms with van der Waals surface area (Å²) in [6.45, 7) is 4.48. The normalized spacial score (nSPS) is 12.7. The third-order valence-corrected chi connectivity index (χ3v) is 6.32. The van der Waals surface area contributed by atoms with E-state index < -0.39 is 54.7 Å². The van der Waals surface area contributed by atoms with Crippen LogP contribution in [0.1, 0.15) is 39.2 Å². The summed E-state index contributed by atoms with van der Waals surface area (Å²) in [5.41, 5.74) is 1.39. The fourth-order valence-corrected chi connectivity index (χ4v) is 4.02. The van der Waals surface area contributed by atoms with Gasteiger partial charge in [-0.15, -0.1) is 17.5 Å². The molecule has 3 aromatic rings. The van der Waals surface area contributed by atoms with Crippen LogP contribution in [0, 0.1) is 5.92 Å². The molecule has 0 bridgehead atoms. The molecular weight excluding hydrogens is 580 g/mol. The molecule has 230 valence electrons. The van der Waals surface area contributed by atoms with Gasteiger partial charge in [-0.25, -0.2) is 4.68 Å². The highest BCUT2D eigenvalue weighted by Crippen LogP contribution is 2.12. The molecule has 0 aliphatic rings. The standard InChI is InChI=1S/C28H34N8O6.ClH/c1-17(2)25(32-23(38)13-12-19-9-5-4-6-10-19)28(42)30-18(3)27(41)31-21(15-24(39)40)22(37)16-36-26(33-34-35-36)20-11-7-8-14-29-20;/h4-11,14,17-18,21,25H,12-13,15-16H2,1-3H3,(H,30,42)(H,31,41)(H,32,38)(H,39,40);1H/t18-,21?,25-;/m0./s1. The van der Waals surface area contributed by atoms with Gasteiger partial charge in [0.1, 0.15) is 24.3 Å². The van der Waals surface area contributed by atoms with Crippen LogP contribution >= 0.6 is 12.4 Å². The lowest BCUT2D eigenvalue weighted by molar-refractivity contribution is -0.140. The lowest BCUT2D eigenvalue weighted by Crippen LogP contribution is -2.56. The first-order valence-electron chi connectivity index (χ1n) is 13.4. The highest BCUT2D eigenvalue weighted by atomic mass is 35.5. The van der Waals surface area contributed by atoms with E-state index in [1.54, 1.807) is 32.0 Å². The van der Waals surface area contributed by atoms with Gasteiger partial charge in [-0.05, 0) is 47.4 Å². The van der Waals surface area contributed by atoms with Gasteiger partial charge in [0.05, 0.1) is 12.5 Å². The van der Waals surface area contributed by atoms with Crippen molar-refractivity contribution in [3.05, 3.63) is 60.3 Å². The van der Waals surface area contributed by atoms with Crippen molar-refractivity contribution in [2.75, 3.05) is 0 Å². The fraction of sp³-hybridized carbons (Fsp3) is 0.393. The largest absolute Gasteiger partial charge is 0.481 e. The highest BCUT2D eigenvalue weighted by Gasteiger charge is 2.30. The number of nitrogens with one attached hydrogen (secondary N) is 3. The van der Waals surface area contributed by atoms with E-state index >= 15 is 0 Å². The summed E-state index contributed by atoms with van der Waals surface area (Å²) in [6.07, 6.45) is 1.52. The van der Waals surface area contributed by atoms with Crippen LogP contribution in [0.5, 0.6) is 0 Å². The molecule has 15 heteroatoms. The number of hydrogen-bond acceptors (Lipinski definition) is 9. The number of carboxylic acids is 1. The minimum absolute atomic E-state index is 0. The number of carbonyl (C=O) groups excluding carboxylic acids is 4. The number of aryl methyl sites for hydroxylation is 1. The van der Waals surface area contributed by atoms with Crippen LogP contribution < -0.4 is 16.0 Å². The molecule has 3 amide bonds. The number of Topliss-reactive ketones (excluding diaryl/α,β-unsaturated/α-hetero) is 1. The van der Waals surface area contributed by atoms with E-state index in [-0.39, 0.29) is 36.5 Å². The molecule has 1 aromatic carbocycles. The minimum Gasteiger partial charge on any atom is -0.481 e. The average Bonchev–Trinajstić information content (AvgIpc) is 3.42. The lowest BCUT2D eigenvalue weighted by atomic mass is 10.0. The molecule has 0 aliphatic heterocycles. The maximum absolute atomic E-state index is 13.0. The first-order valence-corrected chi connectivity index (χ1v) is 13.4. The van der Waals surface area contributed by atoms with Crippen molar-refractivity contribution in [3.63, 3.8) is 0 Å². The number of rotatable bonds is 15. The van der Waals surface area contributed by atoms with E-state index in [1.807, 2.05) is 30.3 Å². The number of tetrazole rings is 1. The highest BCUT2D eigenvalue weighted by molar-refractivity contribution is 5.95. The number of amides is 3. The van der Waals surface area contributed by atoms with Gasteiger partial charge in [0, 0.05) is 12.6 Å². The van der Waals surface area contributed by atoms with Crippen LogP contribution in [0.25, 0.3) is 11.5 Å². The Bertz CT molecular complexity index is 1390. The Hall–Kier alpha value is -4.72. The molecule has 14 nitrogen and oxygen atoms in total. The second kappa shape index (κ2) is 16.7. The molecule has 0 saturated carbocycles. The number of aromatic nitrogens is 5. The molecule has 2 aromatic heterocycles. The summed E-state index contributed by atoms with van der Waals surface area (Å²) in [5, 5.41) is 28.2. The quantitative estimate of drug-likeness (QED) is 0.191. The van der Waals surface area contributed by atoms with Gasteiger partial charge in [-0.3, -0.25) is 29.0 Å². The third-order valence-electron chi connectivity index (χ3n) is 6.32. The van der Waals surface area contributed by atoms with Gasteiger partial charge < -0.3 is 21.1 Å². The first-order chi connectivity index (χ1) is 20.0. The van der Waals surface area contributed by atoms with Crippen LogP contribution in [0.3, 0.4) is 0 Å². The molecule has 3 rings (SSSR count). The number of ketones is 1. The zero-order chi connectivity index (χ0) is 30.6. The number of benzene rings is 1. The summed E-state index contributed by atoms with van der Waals surface area (Å²) >= 11 is 0. The van der Waals surface area contributed by atoms with Crippen molar-refractivity contribution in [3.8, 4) is 11.5 Å². The van der Waals surface area contributed by atoms with E-state index in [0.717, 1.165) is 10.2 Å². The third kappa shape index (κ3) is 10.6. The molecule has 0 radical (unpaired) electrons. The van der Waals surface area contributed by atoms with E-state index in [0.29, 0.717) is 12.1 Å². The Labute approximate surface area is 254 Å². The minimum atomic E-state index is -1.42. The summed E-state index contributed by atoms with van der Waals surface area (Å²) in [4.78, 5) is 67.1. The van der Waals surface area contributed by atoms with Crippen LogP contribution in [0.15, 0.2) is 54.7 Å². The van der Waals surface area contributed by atoms with E-state index in [1.165, 1.54) is 13.1 Å². The average molecular weight is 615 g/mol. The van der Waals surface area contributed by atoms with Crippen molar-refractivity contribution in [2.45, 2.75) is 64.7 Å². The molecule has 0 saturated heterocycles. The lowest BCUT2D eigenvalue weighted by Gasteiger charge is -2.25. The predicted octanol–water partition coefficient (Wildman–Crippen LogP) is 0.964. The molecule has 43 heavy (non-hydrogen) atoms. The second-order valence-corrected chi connectivity index (χ2v) is 10.0. The number of carboxylic acid groups (broad SMARTS) is 1. The van der Waals surface area contributed by atoms with Crippen LogP contribution in [0.4, 0.5) is 0 Å². The maximum atomic E-state index is 13.0. The van der Waals surface area contributed by atoms with E-state index in [4.69, 9.17) is 0 Å². The van der Waals surface area contributed by atoms with Gasteiger partial charge in [0.15, 0.2) is 5.78 Å².